The third kappa shape index (κ3) is 6.35. The van der Waals surface area contributed by atoms with Crippen LogP contribution in [-0.4, -0.2) is 98.6 Å². The summed E-state index contributed by atoms with van der Waals surface area (Å²) in [5.74, 6) is 1.29. The van der Waals surface area contributed by atoms with E-state index in [1.165, 1.54) is 7.11 Å². The van der Waals surface area contributed by atoms with Gasteiger partial charge < -0.3 is 24.2 Å². The second kappa shape index (κ2) is 11.2. The van der Waals surface area contributed by atoms with Crippen LogP contribution in [-0.2, 0) is 11.3 Å². The van der Waals surface area contributed by atoms with Crippen molar-refractivity contribution in [1.82, 2.24) is 14.7 Å². The molecule has 0 bridgehead atoms. The van der Waals surface area contributed by atoms with E-state index in [-0.39, 0.29) is 12.7 Å². The summed E-state index contributed by atoms with van der Waals surface area (Å²) in [6.07, 6.45) is 4.50. The average molecular weight is 420 g/mol. The number of nitrogens with zero attached hydrogens (tertiary/aromatic N) is 3. The summed E-state index contributed by atoms with van der Waals surface area (Å²) >= 11 is 0. The number of aliphatic hydroxyl groups excluding tert-OH is 1. The lowest BCUT2D eigenvalue weighted by atomic mass is 10.1. The molecule has 1 aromatic rings. The van der Waals surface area contributed by atoms with Gasteiger partial charge in [-0.3, -0.25) is 9.80 Å². The molecule has 0 aliphatic carbocycles. The smallest absolute Gasteiger partial charge is 0.409 e. The van der Waals surface area contributed by atoms with Crippen LogP contribution >= 0.6 is 0 Å². The van der Waals surface area contributed by atoms with Crippen molar-refractivity contribution in [3.8, 4) is 11.5 Å². The van der Waals surface area contributed by atoms with Crippen LogP contribution in [0.4, 0.5) is 4.79 Å². The number of aliphatic hydroxyl groups is 1. The molecule has 0 spiro atoms. The number of piperazine rings is 1. The van der Waals surface area contributed by atoms with Gasteiger partial charge in [-0.05, 0) is 24.1 Å². The number of amides is 1. The summed E-state index contributed by atoms with van der Waals surface area (Å²) in [5, 5.41) is 10.4. The maximum atomic E-state index is 11.6. The maximum absolute atomic E-state index is 11.6. The van der Waals surface area contributed by atoms with E-state index < -0.39 is 6.10 Å². The Bertz CT molecular complexity index is 719. The van der Waals surface area contributed by atoms with Gasteiger partial charge in [0.25, 0.3) is 0 Å². The molecule has 2 heterocycles. The van der Waals surface area contributed by atoms with Crippen molar-refractivity contribution in [1.29, 1.82) is 0 Å². The molecule has 0 radical (unpaired) electrons. The van der Waals surface area contributed by atoms with E-state index in [0.717, 1.165) is 44.7 Å². The van der Waals surface area contributed by atoms with Gasteiger partial charge in [-0.1, -0.05) is 18.2 Å². The average Bonchev–Trinajstić information content (AvgIpc) is 2.78. The van der Waals surface area contributed by atoms with Crippen molar-refractivity contribution in [2.24, 2.45) is 0 Å². The van der Waals surface area contributed by atoms with Gasteiger partial charge >= 0.3 is 6.09 Å². The van der Waals surface area contributed by atoms with Gasteiger partial charge in [-0.15, -0.1) is 0 Å². The molecule has 0 aromatic heterocycles. The normalized spacial score (nSPS) is 18.8. The lowest BCUT2D eigenvalue weighted by Gasteiger charge is -2.33. The van der Waals surface area contributed by atoms with Crippen LogP contribution in [0.2, 0.25) is 0 Å². The number of ether oxygens (including phenoxy) is 3. The van der Waals surface area contributed by atoms with Crippen LogP contribution in [0.3, 0.4) is 0 Å². The lowest BCUT2D eigenvalue weighted by molar-refractivity contribution is 0.0701. The molecule has 1 saturated heterocycles. The predicted octanol–water partition coefficient (Wildman–Crippen LogP) is 1.58. The van der Waals surface area contributed by atoms with Crippen molar-refractivity contribution in [3.05, 3.63) is 35.9 Å². The van der Waals surface area contributed by atoms with E-state index in [1.54, 1.807) is 12.0 Å². The Labute approximate surface area is 178 Å². The van der Waals surface area contributed by atoms with Crippen LogP contribution in [0.5, 0.6) is 11.5 Å². The van der Waals surface area contributed by atoms with Gasteiger partial charge in [0.15, 0.2) is 11.5 Å². The van der Waals surface area contributed by atoms with Gasteiger partial charge in [0.2, 0.25) is 0 Å². The first-order chi connectivity index (χ1) is 14.6. The van der Waals surface area contributed by atoms with Gasteiger partial charge in [0.1, 0.15) is 12.7 Å². The van der Waals surface area contributed by atoms with E-state index in [2.05, 4.69) is 22.0 Å². The van der Waals surface area contributed by atoms with Crippen LogP contribution in [0.1, 0.15) is 12.0 Å². The number of β-amino-alcohol motifs (C(OH)–C–C–N with tert-alkyl or cyclic N) is 1. The Morgan fingerprint density at radius 2 is 1.87 bits per heavy atom. The Hall–Kier alpha value is -2.29. The second-order valence-electron chi connectivity index (χ2n) is 7.70. The Morgan fingerprint density at radius 3 is 2.53 bits per heavy atom. The number of rotatable bonds is 8. The molecule has 1 fully saturated rings. The molecule has 0 saturated carbocycles. The first-order valence-corrected chi connectivity index (χ1v) is 10.5. The molecule has 1 unspecified atom stereocenters. The topological polar surface area (TPSA) is 74.7 Å². The number of hydrogen-bond acceptors (Lipinski definition) is 7. The first-order valence-electron chi connectivity index (χ1n) is 10.5. The highest BCUT2D eigenvalue weighted by molar-refractivity contribution is 5.67. The van der Waals surface area contributed by atoms with Crippen LogP contribution in [0.15, 0.2) is 30.4 Å². The van der Waals surface area contributed by atoms with Crippen LogP contribution < -0.4 is 9.47 Å². The van der Waals surface area contributed by atoms with Gasteiger partial charge in [0, 0.05) is 52.4 Å². The van der Waals surface area contributed by atoms with E-state index in [4.69, 9.17) is 14.2 Å². The summed E-state index contributed by atoms with van der Waals surface area (Å²) in [4.78, 5) is 17.9. The molecule has 8 heteroatoms. The molecule has 1 amide bonds. The Morgan fingerprint density at radius 1 is 1.07 bits per heavy atom. The van der Waals surface area contributed by atoms with Crippen LogP contribution in [0.25, 0.3) is 0 Å². The summed E-state index contributed by atoms with van der Waals surface area (Å²) in [7, 11) is 3.03. The van der Waals surface area contributed by atoms with Gasteiger partial charge in [-0.25, -0.2) is 4.79 Å². The van der Waals surface area contributed by atoms with Crippen molar-refractivity contribution < 1.29 is 24.1 Å². The van der Waals surface area contributed by atoms with Crippen LogP contribution in [0, 0.1) is 0 Å². The highest BCUT2D eigenvalue weighted by Crippen LogP contribution is 2.29. The number of methoxy groups -OCH3 is 2. The van der Waals surface area contributed by atoms with Crippen molar-refractivity contribution >= 4 is 6.09 Å². The highest BCUT2D eigenvalue weighted by atomic mass is 16.5. The zero-order chi connectivity index (χ0) is 21.3. The summed E-state index contributed by atoms with van der Waals surface area (Å²) < 4.78 is 16.1. The number of benzene rings is 1. The predicted molar refractivity (Wildman–Crippen MR) is 114 cm³/mol. The van der Waals surface area contributed by atoms with Gasteiger partial charge in [-0.2, -0.15) is 0 Å². The third-order valence-electron chi connectivity index (χ3n) is 5.48. The molecule has 3 rings (SSSR count). The molecule has 8 nitrogen and oxygen atoms in total. The lowest BCUT2D eigenvalue weighted by Crippen LogP contribution is -2.48. The molecule has 1 aromatic carbocycles. The van der Waals surface area contributed by atoms with E-state index in [1.807, 2.05) is 18.2 Å². The summed E-state index contributed by atoms with van der Waals surface area (Å²) in [6.45, 7) is 6.32. The fourth-order valence-electron chi connectivity index (χ4n) is 3.80. The standard InChI is InChI=1S/C22H33N3O5/c1-28-20-7-6-18(15-24-10-12-25(13-11-24)22(27)29-2)14-21(20)30-17-19(26)16-23-8-4-3-5-9-23/h3-4,6-7,14,19,26H,5,8-13,15-17H2,1-2H3. The molecule has 1 N–H and O–H groups in total. The second-order valence-corrected chi connectivity index (χ2v) is 7.70. The third-order valence-corrected chi connectivity index (χ3v) is 5.48. The molecular formula is C22H33N3O5. The molecule has 2 aliphatic rings. The minimum absolute atomic E-state index is 0.220. The van der Waals surface area contributed by atoms with Crippen molar-refractivity contribution in [2.75, 3.05) is 66.6 Å². The summed E-state index contributed by atoms with van der Waals surface area (Å²) in [6, 6.07) is 5.90. The minimum atomic E-state index is -0.559. The molecular weight excluding hydrogens is 386 g/mol. The monoisotopic (exact) mass is 419 g/mol. The highest BCUT2D eigenvalue weighted by Gasteiger charge is 2.22. The Kier molecular flexibility index (Phi) is 8.36. The SMILES string of the molecule is COC(=O)N1CCN(Cc2ccc(OC)c(OCC(O)CN3CC=CCC3)c2)CC1. The molecule has 2 aliphatic heterocycles. The fraction of sp³-hybridized carbons (Fsp3) is 0.591. The molecule has 166 valence electrons. The van der Waals surface area contributed by atoms with E-state index >= 15 is 0 Å². The quantitative estimate of drug-likeness (QED) is 0.641. The summed E-state index contributed by atoms with van der Waals surface area (Å²) in [5.41, 5.74) is 1.10. The number of hydrogen-bond donors (Lipinski definition) is 1. The maximum Gasteiger partial charge on any atom is 0.409 e. The minimum Gasteiger partial charge on any atom is -0.493 e. The molecule has 30 heavy (non-hydrogen) atoms. The van der Waals surface area contributed by atoms with Crippen molar-refractivity contribution in [2.45, 2.75) is 19.1 Å². The van der Waals surface area contributed by atoms with E-state index in [9.17, 15) is 9.90 Å². The zero-order valence-corrected chi connectivity index (χ0v) is 18.0. The van der Waals surface area contributed by atoms with E-state index in [0.29, 0.717) is 31.1 Å². The van der Waals surface area contributed by atoms with Gasteiger partial charge in [0.05, 0.1) is 14.2 Å². The number of carbonyl (C=O) groups excluding carboxylic acids is 1. The fourth-order valence-corrected chi connectivity index (χ4v) is 3.80. The first kappa shape index (κ1) is 22.4. The largest absolute Gasteiger partial charge is 0.493 e. The number of carbonyl (C=O) groups is 1. The molecule has 1 atom stereocenters. The Balaban J connectivity index is 1.52. The zero-order valence-electron chi connectivity index (χ0n) is 18.0. The van der Waals surface area contributed by atoms with Crippen molar-refractivity contribution in [3.63, 3.8) is 0 Å².